The van der Waals surface area contributed by atoms with Gasteiger partial charge in [-0.1, -0.05) is 26.0 Å². The van der Waals surface area contributed by atoms with Crippen molar-refractivity contribution < 1.29 is 32.2 Å². The fourth-order valence-electron chi connectivity index (χ4n) is 3.09. The summed E-state index contributed by atoms with van der Waals surface area (Å²) >= 11 is 0. The minimum atomic E-state index is -4.53. The third kappa shape index (κ3) is 7.58. The lowest BCUT2D eigenvalue weighted by molar-refractivity contribution is -0.137. The van der Waals surface area contributed by atoms with E-state index in [1.165, 1.54) is 19.2 Å². The lowest BCUT2D eigenvalue weighted by Crippen LogP contribution is -2.51. The Morgan fingerprint density at radius 3 is 2.30 bits per heavy atom. The normalized spacial score (nSPS) is 12.1. The third-order valence-electron chi connectivity index (χ3n) is 4.84. The summed E-state index contributed by atoms with van der Waals surface area (Å²) in [5, 5.41) is 7.64. The Labute approximate surface area is 190 Å². The number of carbonyl (C=O) groups excluding carboxylic acids is 2. The highest BCUT2D eigenvalue weighted by atomic mass is 19.4. The lowest BCUT2D eigenvalue weighted by atomic mass is 10.0. The molecule has 2 rings (SSSR count). The molecule has 0 aromatic heterocycles. The van der Waals surface area contributed by atoms with Crippen molar-refractivity contribution in [1.29, 1.82) is 0 Å². The Balaban J connectivity index is 1.94. The Hall–Kier alpha value is -3.43. The Bertz CT molecular complexity index is 964. The molecule has 1 unspecified atom stereocenters. The zero-order chi connectivity index (χ0) is 24.6. The number of urea groups is 1. The van der Waals surface area contributed by atoms with E-state index in [2.05, 4.69) is 16.0 Å². The first-order valence-corrected chi connectivity index (χ1v) is 10.3. The summed E-state index contributed by atoms with van der Waals surface area (Å²) < 4.78 is 49.0. The molecule has 2 aromatic carbocycles. The molecule has 0 heterocycles. The second kappa shape index (κ2) is 11.4. The average molecular weight is 467 g/mol. The van der Waals surface area contributed by atoms with Crippen molar-refractivity contribution in [2.75, 3.05) is 26.1 Å². The number of ether oxygens (including phenoxy) is 2. The first-order valence-electron chi connectivity index (χ1n) is 10.3. The molecular formula is C23H28F3N3O4. The number of anilines is 1. The zero-order valence-electron chi connectivity index (χ0n) is 18.9. The molecule has 0 saturated heterocycles. The summed E-state index contributed by atoms with van der Waals surface area (Å²) in [6, 6.07) is 8.05. The van der Waals surface area contributed by atoms with Gasteiger partial charge in [0, 0.05) is 12.2 Å². The standard InChI is InChI=1S/C23H28F3N3O4/c1-14(2)20(29-22(31)28-17-7-5-6-16(13-17)23(24,25)26)21(30)27-11-10-15-8-9-18(32-3)19(12-15)33-4/h5-9,12-14,20H,10-11H2,1-4H3,(H,27,30)(H2,28,29,31). The van der Waals surface area contributed by atoms with E-state index in [0.717, 1.165) is 17.7 Å². The molecule has 0 aliphatic heterocycles. The number of hydrogen-bond acceptors (Lipinski definition) is 4. The van der Waals surface area contributed by atoms with Crippen molar-refractivity contribution in [2.45, 2.75) is 32.5 Å². The summed E-state index contributed by atoms with van der Waals surface area (Å²) in [7, 11) is 3.08. The van der Waals surface area contributed by atoms with Crippen LogP contribution in [0.3, 0.4) is 0 Å². The summed E-state index contributed by atoms with van der Waals surface area (Å²) in [5.74, 6) is 0.526. The van der Waals surface area contributed by atoms with E-state index in [4.69, 9.17) is 9.47 Å². The third-order valence-corrected chi connectivity index (χ3v) is 4.84. The van der Waals surface area contributed by atoms with Crippen LogP contribution in [0.1, 0.15) is 25.0 Å². The van der Waals surface area contributed by atoms with Gasteiger partial charge in [-0.3, -0.25) is 4.79 Å². The van der Waals surface area contributed by atoms with Crippen LogP contribution in [0, 0.1) is 5.92 Å². The number of carbonyl (C=O) groups is 2. The topological polar surface area (TPSA) is 88.7 Å². The maximum absolute atomic E-state index is 12.9. The molecule has 7 nitrogen and oxygen atoms in total. The Kier molecular flexibility index (Phi) is 8.95. The Morgan fingerprint density at radius 2 is 1.70 bits per heavy atom. The van der Waals surface area contributed by atoms with Crippen molar-refractivity contribution in [1.82, 2.24) is 10.6 Å². The zero-order valence-corrected chi connectivity index (χ0v) is 18.9. The molecule has 10 heteroatoms. The molecular weight excluding hydrogens is 439 g/mol. The van der Waals surface area contributed by atoms with Crippen LogP contribution >= 0.6 is 0 Å². The summed E-state index contributed by atoms with van der Waals surface area (Å²) in [4.78, 5) is 24.9. The molecule has 1 atom stereocenters. The fourth-order valence-corrected chi connectivity index (χ4v) is 3.09. The van der Waals surface area contributed by atoms with E-state index in [1.54, 1.807) is 27.0 Å². The number of amides is 3. The summed E-state index contributed by atoms with van der Waals surface area (Å²) in [6.07, 6.45) is -4.00. The van der Waals surface area contributed by atoms with Gasteiger partial charge in [-0.2, -0.15) is 13.2 Å². The monoisotopic (exact) mass is 467 g/mol. The van der Waals surface area contributed by atoms with Gasteiger partial charge in [0.1, 0.15) is 6.04 Å². The van der Waals surface area contributed by atoms with Crippen LogP contribution in [0.25, 0.3) is 0 Å². The fraction of sp³-hybridized carbons (Fsp3) is 0.391. The van der Waals surface area contributed by atoms with Gasteiger partial charge < -0.3 is 25.4 Å². The van der Waals surface area contributed by atoms with Crippen LogP contribution in [0.5, 0.6) is 11.5 Å². The average Bonchev–Trinajstić information content (AvgIpc) is 2.76. The van der Waals surface area contributed by atoms with Crippen LogP contribution < -0.4 is 25.4 Å². The van der Waals surface area contributed by atoms with Crippen molar-refractivity contribution in [3.8, 4) is 11.5 Å². The van der Waals surface area contributed by atoms with Gasteiger partial charge in [0.15, 0.2) is 11.5 Å². The van der Waals surface area contributed by atoms with E-state index >= 15 is 0 Å². The van der Waals surface area contributed by atoms with Crippen LogP contribution in [0.15, 0.2) is 42.5 Å². The van der Waals surface area contributed by atoms with E-state index in [9.17, 15) is 22.8 Å². The minimum Gasteiger partial charge on any atom is -0.493 e. The Morgan fingerprint density at radius 1 is 1.00 bits per heavy atom. The van der Waals surface area contributed by atoms with Crippen molar-refractivity contribution in [3.63, 3.8) is 0 Å². The second-order valence-electron chi connectivity index (χ2n) is 7.63. The number of alkyl halides is 3. The van der Waals surface area contributed by atoms with Crippen molar-refractivity contribution in [2.24, 2.45) is 5.92 Å². The van der Waals surface area contributed by atoms with Gasteiger partial charge in [-0.25, -0.2) is 4.79 Å². The van der Waals surface area contributed by atoms with Gasteiger partial charge in [0.05, 0.1) is 19.8 Å². The number of benzene rings is 2. The van der Waals surface area contributed by atoms with E-state index < -0.39 is 29.7 Å². The predicted octanol–water partition coefficient (Wildman–Crippen LogP) is 4.23. The quantitative estimate of drug-likeness (QED) is 0.515. The first-order chi connectivity index (χ1) is 15.5. The second-order valence-corrected chi connectivity index (χ2v) is 7.63. The SMILES string of the molecule is COc1ccc(CCNC(=O)C(NC(=O)Nc2cccc(C(F)(F)F)c2)C(C)C)cc1OC. The highest BCUT2D eigenvalue weighted by Crippen LogP contribution is 2.30. The van der Waals surface area contributed by atoms with Gasteiger partial charge in [-0.05, 0) is 48.2 Å². The summed E-state index contributed by atoms with van der Waals surface area (Å²) in [6.45, 7) is 3.82. The molecule has 0 aliphatic rings. The molecule has 0 spiro atoms. The molecule has 0 fully saturated rings. The smallest absolute Gasteiger partial charge is 0.416 e. The van der Waals surface area contributed by atoms with Crippen LogP contribution in [0.2, 0.25) is 0 Å². The molecule has 3 N–H and O–H groups in total. The minimum absolute atomic E-state index is 0.0290. The molecule has 0 radical (unpaired) electrons. The molecule has 2 aromatic rings. The maximum Gasteiger partial charge on any atom is 0.416 e. The van der Waals surface area contributed by atoms with Gasteiger partial charge >= 0.3 is 12.2 Å². The molecule has 0 bridgehead atoms. The van der Waals surface area contributed by atoms with Crippen molar-refractivity contribution >= 4 is 17.6 Å². The number of nitrogens with one attached hydrogen (secondary N) is 3. The van der Waals surface area contributed by atoms with Crippen LogP contribution in [-0.4, -0.2) is 38.7 Å². The molecule has 180 valence electrons. The highest BCUT2D eigenvalue weighted by Gasteiger charge is 2.30. The number of rotatable bonds is 9. The first kappa shape index (κ1) is 25.8. The van der Waals surface area contributed by atoms with E-state index in [0.29, 0.717) is 24.5 Å². The largest absolute Gasteiger partial charge is 0.493 e. The predicted molar refractivity (Wildman–Crippen MR) is 118 cm³/mol. The van der Waals surface area contributed by atoms with Gasteiger partial charge in [0.2, 0.25) is 5.91 Å². The number of methoxy groups -OCH3 is 2. The van der Waals surface area contributed by atoms with Crippen LogP contribution in [0.4, 0.5) is 23.7 Å². The molecule has 0 saturated carbocycles. The molecule has 0 aliphatic carbocycles. The van der Waals surface area contributed by atoms with Crippen LogP contribution in [-0.2, 0) is 17.4 Å². The van der Waals surface area contributed by atoms with Crippen molar-refractivity contribution in [3.05, 3.63) is 53.6 Å². The van der Waals surface area contributed by atoms with Gasteiger partial charge in [0.25, 0.3) is 0 Å². The molecule has 33 heavy (non-hydrogen) atoms. The van der Waals surface area contributed by atoms with E-state index in [1.807, 2.05) is 12.1 Å². The summed E-state index contributed by atoms with van der Waals surface area (Å²) in [5.41, 5.74) is 0.0107. The highest BCUT2D eigenvalue weighted by molar-refractivity contribution is 5.93. The maximum atomic E-state index is 12.9. The van der Waals surface area contributed by atoms with E-state index in [-0.39, 0.29) is 11.6 Å². The number of hydrogen-bond donors (Lipinski definition) is 3. The lowest BCUT2D eigenvalue weighted by Gasteiger charge is -2.22. The number of halogens is 3. The van der Waals surface area contributed by atoms with Gasteiger partial charge in [-0.15, -0.1) is 0 Å². The molecule has 3 amide bonds.